The van der Waals surface area contributed by atoms with Crippen molar-refractivity contribution in [2.24, 2.45) is 0 Å². The molecule has 5 nitrogen and oxygen atoms in total. The van der Waals surface area contributed by atoms with Crippen LogP contribution in [0.3, 0.4) is 0 Å². The van der Waals surface area contributed by atoms with E-state index >= 15 is 0 Å². The van der Waals surface area contributed by atoms with Crippen LogP contribution in [0.2, 0.25) is 0 Å². The molecule has 0 radical (unpaired) electrons. The molecule has 0 amide bonds. The van der Waals surface area contributed by atoms with Crippen molar-refractivity contribution in [2.75, 3.05) is 0 Å². The van der Waals surface area contributed by atoms with Crippen LogP contribution in [0, 0.1) is 0 Å². The minimum atomic E-state index is -4.38. The molecule has 0 fully saturated rings. The monoisotopic (exact) mass is 320 g/mol. The van der Waals surface area contributed by atoms with Gasteiger partial charge in [-0.2, -0.15) is 0 Å². The van der Waals surface area contributed by atoms with Gasteiger partial charge in [0.2, 0.25) is 0 Å². The Balaban J connectivity index is 0. The largest absolute Gasteiger partial charge is 1.00 e. The fraction of sp³-hybridized carbons (Fsp3) is 0.214. The zero-order valence-electron chi connectivity index (χ0n) is 12.3. The average Bonchev–Trinajstić information content (AvgIpc) is 2.39. The third kappa shape index (κ3) is 8.31. The van der Waals surface area contributed by atoms with Crippen LogP contribution in [0.1, 0.15) is 13.8 Å². The van der Waals surface area contributed by atoms with Crippen molar-refractivity contribution in [3.63, 3.8) is 0 Å². The van der Waals surface area contributed by atoms with Crippen LogP contribution in [0.25, 0.3) is 10.8 Å². The van der Waals surface area contributed by atoms with Gasteiger partial charge in [0.25, 0.3) is 0 Å². The van der Waals surface area contributed by atoms with E-state index < -0.39 is 10.1 Å². The summed E-state index contributed by atoms with van der Waals surface area (Å²) < 4.78 is 32.7. The van der Waals surface area contributed by atoms with Gasteiger partial charge in [0.05, 0.1) is 4.90 Å². The smallest absolute Gasteiger partial charge is 0.744 e. The van der Waals surface area contributed by atoms with Gasteiger partial charge < -0.3 is 14.5 Å². The molecule has 7 heteroatoms. The summed E-state index contributed by atoms with van der Waals surface area (Å²) in [5.74, 6) is 0. The molecule has 21 heavy (non-hydrogen) atoms. The minimum absolute atomic E-state index is 0. The molecule has 1 N–H and O–H groups in total. The molecule has 0 bridgehead atoms. The van der Waals surface area contributed by atoms with Crippen LogP contribution in [-0.4, -0.2) is 31.0 Å². The van der Waals surface area contributed by atoms with Gasteiger partial charge in [-0.25, -0.2) is 8.42 Å². The first-order chi connectivity index (χ1) is 9.32. The Morgan fingerprint density at radius 1 is 1.05 bits per heavy atom. The molecule has 0 saturated carbocycles. The van der Waals surface area contributed by atoms with Crippen molar-refractivity contribution in [1.82, 2.24) is 0 Å². The fourth-order valence-corrected chi connectivity index (χ4v) is 2.11. The van der Waals surface area contributed by atoms with Crippen LogP contribution in [0.4, 0.5) is 0 Å². The molecule has 0 aliphatic rings. The predicted molar refractivity (Wildman–Crippen MR) is 76.4 cm³/mol. The number of carbonyl (C=O) groups is 1. The average molecular weight is 320 g/mol. The second-order valence-electron chi connectivity index (χ2n) is 4.03. The number of hydrogen-bond acceptors (Lipinski definition) is 5. The van der Waals surface area contributed by atoms with Crippen LogP contribution in [0.5, 0.6) is 0 Å². The maximum Gasteiger partial charge on any atom is 1.00 e. The Morgan fingerprint density at radius 3 is 1.95 bits per heavy atom. The topological polar surface area (TPSA) is 94.5 Å². The first-order valence-corrected chi connectivity index (χ1v) is 7.14. The molecule has 110 valence electrons. The van der Waals surface area contributed by atoms with E-state index in [4.69, 9.17) is 9.90 Å². The second kappa shape index (κ2) is 10.9. The van der Waals surface area contributed by atoms with E-state index in [-0.39, 0.29) is 40.6 Å². The zero-order chi connectivity index (χ0) is 15.8. The summed E-state index contributed by atoms with van der Waals surface area (Å²) in [6.07, 6.45) is -0.167. The molecule has 0 unspecified atom stereocenters. The maximum atomic E-state index is 10.9. The van der Waals surface area contributed by atoms with Crippen LogP contribution < -0.4 is 29.6 Å². The summed E-state index contributed by atoms with van der Waals surface area (Å²) in [5, 5.41) is 9.29. The first-order valence-electron chi connectivity index (χ1n) is 5.73. The number of rotatable bonds is 1. The SMILES string of the molecule is C=O.CC(C)O.O=S(=O)([O-])c1cccc2ccccc12.[Na+]. The van der Waals surface area contributed by atoms with Crippen molar-refractivity contribution in [2.45, 2.75) is 24.8 Å². The Labute approximate surface area is 147 Å². The van der Waals surface area contributed by atoms with E-state index in [1.54, 1.807) is 50.2 Å². The Hall–Kier alpha value is -0.760. The fourth-order valence-electron chi connectivity index (χ4n) is 1.41. The van der Waals surface area contributed by atoms with Crippen molar-refractivity contribution in [3.05, 3.63) is 42.5 Å². The molecular formula is C14H17NaO5S. The van der Waals surface area contributed by atoms with E-state index in [0.717, 1.165) is 5.39 Å². The predicted octanol–water partition coefficient (Wildman–Crippen LogP) is -1.05. The maximum absolute atomic E-state index is 10.9. The summed E-state index contributed by atoms with van der Waals surface area (Å²) >= 11 is 0. The quantitative estimate of drug-likeness (QED) is 0.534. The van der Waals surface area contributed by atoms with E-state index in [1.165, 1.54) is 6.07 Å². The Kier molecular flexibility index (Phi) is 11.7. The van der Waals surface area contributed by atoms with Gasteiger partial charge >= 0.3 is 29.6 Å². The van der Waals surface area contributed by atoms with Crippen LogP contribution in [-0.2, 0) is 14.9 Å². The molecule has 0 heterocycles. The summed E-state index contributed by atoms with van der Waals surface area (Å²) in [4.78, 5) is 7.84. The molecule has 0 saturated heterocycles. The number of aliphatic hydroxyl groups is 1. The number of carbonyl (C=O) groups excluding carboxylic acids is 1. The molecule has 0 aliphatic carbocycles. The molecule has 0 atom stereocenters. The molecule has 0 aromatic heterocycles. The Morgan fingerprint density at radius 2 is 1.48 bits per heavy atom. The van der Waals surface area contributed by atoms with Crippen LogP contribution in [0.15, 0.2) is 47.4 Å². The normalized spacial score (nSPS) is 9.76. The zero-order valence-corrected chi connectivity index (χ0v) is 15.1. The summed E-state index contributed by atoms with van der Waals surface area (Å²) in [6, 6.07) is 11.5. The summed E-state index contributed by atoms with van der Waals surface area (Å²) in [7, 11) is -4.38. The van der Waals surface area contributed by atoms with Crippen LogP contribution >= 0.6 is 0 Å². The Bertz CT molecular complexity index is 633. The summed E-state index contributed by atoms with van der Waals surface area (Å²) in [6.45, 7) is 5.44. The molecule has 0 spiro atoms. The van der Waals surface area contributed by atoms with Crippen molar-refractivity contribution < 1.29 is 52.4 Å². The number of hydrogen-bond donors (Lipinski definition) is 1. The van der Waals surface area contributed by atoms with Gasteiger partial charge in [0.1, 0.15) is 16.9 Å². The third-order valence-electron chi connectivity index (χ3n) is 2.02. The molecular weight excluding hydrogens is 303 g/mol. The summed E-state index contributed by atoms with van der Waals surface area (Å²) in [5.41, 5.74) is 0. The van der Waals surface area contributed by atoms with E-state index in [9.17, 15) is 13.0 Å². The van der Waals surface area contributed by atoms with Crippen molar-refractivity contribution in [1.29, 1.82) is 0 Å². The number of fused-ring (bicyclic) bond motifs is 1. The number of aliphatic hydroxyl groups excluding tert-OH is 1. The molecule has 2 aromatic carbocycles. The van der Waals surface area contributed by atoms with Gasteiger partial charge in [-0.15, -0.1) is 0 Å². The van der Waals surface area contributed by atoms with Crippen molar-refractivity contribution >= 4 is 27.7 Å². The third-order valence-corrected chi connectivity index (χ3v) is 2.91. The van der Waals surface area contributed by atoms with Gasteiger partial charge in [0.15, 0.2) is 0 Å². The molecule has 0 aliphatic heterocycles. The van der Waals surface area contributed by atoms with Gasteiger partial charge in [0, 0.05) is 6.10 Å². The van der Waals surface area contributed by atoms with Crippen molar-refractivity contribution in [3.8, 4) is 0 Å². The van der Waals surface area contributed by atoms with E-state index in [1.807, 2.05) is 6.79 Å². The van der Waals surface area contributed by atoms with Gasteiger partial charge in [-0.1, -0.05) is 36.4 Å². The van der Waals surface area contributed by atoms with E-state index in [2.05, 4.69) is 0 Å². The molecule has 2 rings (SSSR count). The van der Waals surface area contributed by atoms with Gasteiger partial charge in [-0.05, 0) is 30.7 Å². The molecule has 2 aromatic rings. The van der Waals surface area contributed by atoms with Gasteiger partial charge in [-0.3, -0.25) is 0 Å². The number of benzene rings is 2. The second-order valence-corrected chi connectivity index (χ2v) is 5.37. The minimum Gasteiger partial charge on any atom is -0.744 e. The van der Waals surface area contributed by atoms with E-state index in [0.29, 0.717) is 5.39 Å². The standard InChI is InChI=1S/C10H8O3S.C3H8O.CH2O.Na/c11-14(12,13)10-7-3-5-8-4-1-2-6-9(8)10;1-3(2)4;1-2;/h1-7H,(H,11,12,13);3-4H,1-2H3;1H2;/q;;;+1/p-1. The first kappa shape index (κ1) is 22.5.